The number of halogens is 4. The number of hydrogen-bond donors (Lipinski definition) is 1. The number of Topliss-reactive ketones (excluding diaryl/α,β-unsaturated/α-hetero) is 1. The van der Waals surface area contributed by atoms with Gasteiger partial charge in [-0.15, -0.1) is 0 Å². The molecule has 1 saturated heterocycles. The number of fused-ring (bicyclic) bond motifs is 1. The topological polar surface area (TPSA) is 76.1 Å². The Balaban J connectivity index is 1.68. The summed E-state index contributed by atoms with van der Waals surface area (Å²) in [6.07, 6.45) is -4.62. The molecular formula is C26H17F4NO5. The molecule has 1 unspecified atom stereocenters. The molecule has 0 aromatic heterocycles. The number of carbonyl (C=O) groups is 2. The van der Waals surface area contributed by atoms with Gasteiger partial charge in [-0.25, -0.2) is 4.39 Å². The highest BCUT2D eigenvalue weighted by Crippen LogP contribution is 2.44. The zero-order valence-corrected chi connectivity index (χ0v) is 18.4. The molecule has 1 atom stereocenters. The minimum atomic E-state index is -4.62. The summed E-state index contributed by atoms with van der Waals surface area (Å²) in [4.78, 5) is 27.1. The highest BCUT2D eigenvalue weighted by Gasteiger charge is 2.48. The summed E-state index contributed by atoms with van der Waals surface area (Å²) in [7, 11) is 0. The molecule has 2 heterocycles. The van der Waals surface area contributed by atoms with Crippen LogP contribution < -0.4 is 14.4 Å². The Hall–Kier alpha value is -4.34. The van der Waals surface area contributed by atoms with Crippen molar-refractivity contribution in [2.75, 3.05) is 18.1 Å². The number of aliphatic hydroxyl groups is 1. The van der Waals surface area contributed by atoms with Crippen molar-refractivity contribution >= 4 is 23.1 Å². The first-order valence-electron chi connectivity index (χ1n) is 10.8. The van der Waals surface area contributed by atoms with Crippen LogP contribution >= 0.6 is 0 Å². The maximum Gasteiger partial charge on any atom is 0.416 e. The summed E-state index contributed by atoms with van der Waals surface area (Å²) in [6, 6.07) is 11.9. The minimum absolute atomic E-state index is 0.0698. The van der Waals surface area contributed by atoms with Gasteiger partial charge in [0.2, 0.25) is 0 Å². The van der Waals surface area contributed by atoms with Crippen molar-refractivity contribution in [1.29, 1.82) is 0 Å². The molecule has 0 bridgehead atoms. The van der Waals surface area contributed by atoms with Crippen molar-refractivity contribution in [2.24, 2.45) is 0 Å². The van der Waals surface area contributed by atoms with Crippen LogP contribution in [0.25, 0.3) is 5.76 Å². The summed E-state index contributed by atoms with van der Waals surface area (Å²) in [5, 5.41) is 11.2. The number of amides is 1. The van der Waals surface area contributed by atoms with E-state index in [1.54, 1.807) is 0 Å². The second kappa shape index (κ2) is 8.71. The van der Waals surface area contributed by atoms with Crippen molar-refractivity contribution in [2.45, 2.75) is 12.2 Å². The zero-order chi connectivity index (χ0) is 25.6. The highest BCUT2D eigenvalue weighted by atomic mass is 19.4. The van der Waals surface area contributed by atoms with Crippen molar-refractivity contribution in [3.63, 3.8) is 0 Å². The largest absolute Gasteiger partial charge is 0.507 e. The lowest BCUT2D eigenvalue weighted by Crippen LogP contribution is -2.30. The third-order valence-corrected chi connectivity index (χ3v) is 5.93. The van der Waals surface area contributed by atoms with E-state index in [2.05, 4.69) is 0 Å². The summed E-state index contributed by atoms with van der Waals surface area (Å²) in [5.74, 6) is -2.86. The molecule has 3 aromatic carbocycles. The van der Waals surface area contributed by atoms with Crippen LogP contribution in [-0.2, 0) is 15.8 Å². The lowest BCUT2D eigenvalue weighted by atomic mass is 9.94. The number of nitrogens with zero attached hydrogens (tertiary/aromatic N) is 1. The Morgan fingerprint density at radius 2 is 1.58 bits per heavy atom. The molecule has 0 radical (unpaired) electrons. The van der Waals surface area contributed by atoms with E-state index >= 15 is 0 Å². The molecule has 10 heteroatoms. The van der Waals surface area contributed by atoms with Crippen LogP contribution in [0.4, 0.5) is 23.2 Å². The molecule has 2 aliphatic rings. The minimum Gasteiger partial charge on any atom is -0.507 e. The quantitative estimate of drug-likeness (QED) is 0.231. The van der Waals surface area contributed by atoms with Crippen molar-refractivity contribution in [3.05, 3.63) is 94.8 Å². The number of ketones is 1. The Bertz CT molecular complexity index is 1400. The van der Waals surface area contributed by atoms with Gasteiger partial charge in [0, 0.05) is 16.8 Å². The number of ether oxygens (including phenoxy) is 2. The predicted octanol–water partition coefficient (Wildman–Crippen LogP) is 5.24. The van der Waals surface area contributed by atoms with Crippen LogP contribution in [0.5, 0.6) is 11.5 Å². The van der Waals surface area contributed by atoms with E-state index in [9.17, 15) is 32.3 Å². The average Bonchev–Trinajstić information content (AvgIpc) is 3.13. The molecule has 1 fully saturated rings. The summed E-state index contributed by atoms with van der Waals surface area (Å²) in [6.45, 7) is 0.606. The fraction of sp³-hybridized carbons (Fsp3) is 0.154. The van der Waals surface area contributed by atoms with Gasteiger partial charge in [0.1, 0.15) is 24.8 Å². The lowest BCUT2D eigenvalue weighted by Gasteiger charge is -2.26. The van der Waals surface area contributed by atoms with Gasteiger partial charge in [-0.1, -0.05) is 18.2 Å². The molecule has 2 aliphatic heterocycles. The molecule has 184 valence electrons. The second-order valence-corrected chi connectivity index (χ2v) is 8.09. The molecular weight excluding hydrogens is 482 g/mol. The van der Waals surface area contributed by atoms with E-state index in [0.717, 1.165) is 35.2 Å². The number of anilines is 1. The molecule has 36 heavy (non-hydrogen) atoms. The van der Waals surface area contributed by atoms with Crippen molar-refractivity contribution in [1.82, 2.24) is 0 Å². The molecule has 1 N–H and O–H groups in total. The number of alkyl halides is 3. The van der Waals surface area contributed by atoms with Crippen LogP contribution in [0.3, 0.4) is 0 Å². The van der Waals surface area contributed by atoms with Crippen molar-refractivity contribution < 1.29 is 41.7 Å². The van der Waals surface area contributed by atoms with Crippen LogP contribution in [0, 0.1) is 5.82 Å². The average molecular weight is 499 g/mol. The van der Waals surface area contributed by atoms with Gasteiger partial charge in [-0.05, 0) is 48.5 Å². The van der Waals surface area contributed by atoms with Crippen LogP contribution in [-0.4, -0.2) is 30.0 Å². The predicted molar refractivity (Wildman–Crippen MR) is 120 cm³/mol. The maximum atomic E-state index is 14.9. The van der Waals surface area contributed by atoms with Gasteiger partial charge < -0.3 is 14.6 Å². The lowest BCUT2D eigenvalue weighted by molar-refractivity contribution is -0.137. The van der Waals surface area contributed by atoms with Crippen molar-refractivity contribution in [3.8, 4) is 11.5 Å². The smallest absolute Gasteiger partial charge is 0.416 e. The van der Waals surface area contributed by atoms with E-state index < -0.39 is 46.6 Å². The third kappa shape index (κ3) is 3.94. The van der Waals surface area contributed by atoms with Gasteiger partial charge in [-0.2, -0.15) is 13.2 Å². The highest BCUT2D eigenvalue weighted by molar-refractivity contribution is 6.51. The fourth-order valence-corrected chi connectivity index (χ4v) is 4.25. The Morgan fingerprint density at radius 1 is 0.917 bits per heavy atom. The van der Waals surface area contributed by atoms with Gasteiger partial charge in [0.15, 0.2) is 11.5 Å². The first kappa shape index (κ1) is 23.4. The molecule has 0 spiro atoms. The first-order valence-corrected chi connectivity index (χ1v) is 10.8. The van der Waals surface area contributed by atoms with Crippen LogP contribution in [0.1, 0.15) is 22.7 Å². The van der Waals surface area contributed by atoms with Gasteiger partial charge >= 0.3 is 6.18 Å². The molecule has 5 rings (SSSR count). The van der Waals surface area contributed by atoms with Gasteiger partial charge in [0.05, 0.1) is 17.2 Å². The molecule has 1 amide bonds. The number of carbonyl (C=O) groups excluding carboxylic acids is 2. The second-order valence-electron chi connectivity index (χ2n) is 8.09. The fourth-order valence-electron chi connectivity index (χ4n) is 4.25. The number of rotatable bonds is 3. The number of aliphatic hydroxyl groups excluding tert-OH is 1. The van der Waals surface area contributed by atoms with E-state index in [1.807, 2.05) is 0 Å². The molecule has 6 nitrogen and oxygen atoms in total. The Labute approximate surface area is 202 Å². The van der Waals surface area contributed by atoms with Crippen LogP contribution in [0.2, 0.25) is 0 Å². The normalized spacial score (nSPS) is 19.0. The Morgan fingerprint density at radius 3 is 2.25 bits per heavy atom. The monoisotopic (exact) mass is 499 g/mol. The Kier molecular flexibility index (Phi) is 5.66. The van der Waals surface area contributed by atoms with Crippen LogP contribution in [0.15, 0.2) is 72.3 Å². The molecule has 3 aromatic rings. The first-order chi connectivity index (χ1) is 17.2. The summed E-state index contributed by atoms with van der Waals surface area (Å²) < 4.78 is 65.1. The van der Waals surface area contributed by atoms with E-state index in [0.29, 0.717) is 18.1 Å². The number of hydrogen-bond acceptors (Lipinski definition) is 5. The maximum absolute atomic E-state index is 14.9. The van der Waals surface area contributed by atoms with Gasteiger partial charge in [-0.3, -0.25) is 14.5 Å². The molecule has 0 saturated carbocycles. The summed E-state index contributed by atoms with van der Waals surface area (Å²) >= 11 is 0. The standard InChI is InChI=1S/C26H17F4NO5/c27-18-4-2-1-3-17(18)22-21(23(32)14-5-10-19-20(13-14)36-12-11-35-19)24(33)25(34)31(22)16-8-6-15(7-9-16)26(28,29)30/h1-10,13,22,32H,11-12H2/b23-21+. The summed E-state index contributed by atoms with van der Waals surface area (Å²) in [5.41, 5.74) is -1.44. The molecule has 0 aliphatic carbocycles. The van der Waals surface area contributed by atoms with E-state index in [-0.39, 0.29) is 23.4 Å². The third-order valence-electron chi connectivity index (χ3n) is 5.93. The van der Waals surface area contributed by atoms with E-state index in [1.165, 1.54) is 36.4 Å². The zero-order valence-electron chi connectivity index (χ0n) is 18.4. The van der Waals surface area contributed by atoms with E-state index in [4.69, 9.17) is 9.47 Å². The van der Waals surface area contributed by atoms with Gasteiger partial charge in [0.25, 0.3) is 11.7 Å². The SMILES string of the molecule is O=C1C(=O)N(c2ccc(C(F)(F)F)cc2)C(c2ccccc2F)/C1=C(\O)c1ccc2c(c1)OCCO2. The number of benzene rings is 3.